The van der Waals surface area contributed by atoms with Gasteiger partial charge in [0.1, 0.15) is 0 Å². The summed E-state index contributed by atoms with van der Waals surface area (Å²) < 4.78 is 0. The van der Waals surface area contributed by atoms with Crippen LogP contribution in [0, 0.1) is 0 Å². The van der Waals surface area contributed by atoms with Crippen molar-refractivity contribution in [2.45, 2.75) is 31.7 Å². The zero-order valence-corrected chi connectivity index (χ0v) is 8.10. The van der Waals surface area contributed by atoms with Crippen LogP contribution >= 0.6 is 11.3 Å². The van der Waals surface area contributed by atoms with E-state index in [0.29, 0.717) is 0 Å². The van der Waals surface area contributed by atoms with Crippen LogP contribution in [0.1, 0.15) is 30.7 Å². The third kappa shape index (κ3) is 1.52. The monoisotopic (exact) mass is 182 g/mol. The van der Waals surface area contributed by atoms with Crippen LogP contribution in [0.25, 0.3) is 0 Å². The van der Waals surface area contributed by atoms with E-state index in [9.17, 15) is 0 Å². The van der Waals surface area contributed by atoms with Gasteiger partial charge >= 0.3 is 0 Å². The molecular weight excluding hydrogens is 168 g/mol. The fourth-order valence-electron chi connectivity index (χ4n) is 1.71. The molecule has 12 heavy (non-hydrogen) atoms. The molecule has 2 nitrogen and oxygen atoms in total. The van der Waals surface area contributed by atoms with Crippen molar-refractivity contribution in [3.05, 3.63) is 16.6 Å². The third-order valence-corrected chi connectivity index (χ3v) is 3.37. The summed E-state index contributed by atoms with van der Waals surface area (Å²) in [5.74, 6) is 0.744. The van der Waals surface area contributed by atoms with Crippen LogP contribution in [-0.4, -0.2) is 17.6 Å². The molecule has 0 radical (unpaired) electrons. The topological polar surface area (TPSA) is 24.9 Å². The van der Waals surface area contributed by atoms with Crippen molar-refractivity contribution in [1.82, 2.24) is 10.3 Å². The van der Waals surface area contributed by atoms with E-state index >= 15 is 0 Å². The first-order valence-corrected chi connectivity index (χ1v) is 5.41. The fourth-order valence-corrected chi connectivity index (χ4v) is 2.48. The third-order valence-electron chi connectivity index (χ3n) is 2.43. The molecule has 0 saturated heterocycles. The maximum Gasteiger partial charge on any atom is 0.0956 e. The van der Waals surface area contributed by atoms with Gasteiger partial charge in [-0.15, -0.1) is 11.3 Å². The molecule has 0 amide bonds. The highest BCUT2D eigenvalue weighted by Gasteiger charge is 2.30. The summed E-state index contributed by atoms with van der Waals surface area (Å²) in [6.45, 7) is 3.26. The van der Waals surface area contributed by atoms with Crippen molar-refractivity contribution in [3.8, 4) is 0 Å². The average Bonchev–Trinajstić information content (AvgIpc) is 2.47. The molecule has 0 unspecified atom stereocenters. The molecule has 66 valence electrons. The molecule has 1 heterocycles. The zero-order valence-electron chi connectivity index (χ0n) is 7.29. The summed E-state index contributed by atoms with van der Waals surface area (Å²) in [6.07, 6.45) is 4.46. The summed E-state index contributed by atoms with van der Waals surface area (Å²) in [5.41, 5.74) is 0. The minimum Gasteiger partial charge on any atom is -0.314 e. The molecule has 1 N–H and O–H groups in total. The van der Waals surface area contributed by atoms with Crippen LogP contribution < -0.4 is 5.32 Å². The zero-order chi connectivity index (χ0) is 8.39. The van der Waals surface area contributed by atoms with Gasteiger partial charge in [-0.1, -0.05) is 6.92 Å². The Morgan fingerprint density at radius 3 is 3.08 bits per heavy atom. The molecule has 0 atom stereocenters. The second kappa shape index (κ2) is 3.54. The summed E-state index contributed by atoms with van der Waals surface area (Å²) >= 11 is 1.79. The lowest BCUT2D eigenvalue weighted by Gasteiger charge is -2.34. The van der Waals surface area contributed by atoms with E-state index < -0.39 is 0 Å². The molecule has 2 rings (SSSR count). The van der Waals surface area contributed by atoms with E-state index in [1.807, 2.05) is 6.20 Å². The standard InChI is InChI=1S/C9H14N2S/c1-2-10-8-5-7(6-8)9-11-3-4-12-9/h3-4,7-8,10H,2,5-6H2,1H3. The first-order chi connectivity index (χ1) is 5.90. The number of aromatic nitrogens is 1. The van der Waals surface area contributed by atoms with Gasteiger partial charge in [-0.05, 0) is 19.4 Å². The van der Waals surface area contributed by atoms with Gasteiger partial charge in [0, 0.05) is 23.5 Å². The number of thiazole rings is 1. The van der Waals surface area contributed by atoms with Gasteiger partial charge < -0.3 is 5.32 Å². The van der Waals surface area contributed by atoms with Crippen molar-refractivity contribution in [3.63, 3.8) is 0 Å². The van der Waals surface area contributed by atoms with E-state index in [-0.39, 0.29) is 0 Å². The molecule has 0 bridgehead atoms. The van der Waals surface area contributed by atoms with Crippen LogP contribution in [0.15, 0.2) is 11.6 Å². The minimum absolute atomic E-state index is 0.744. The molecule has 0 aromatic carbocycles. The summed E-state index contributed by atoms with van der Waals surface area (Å²) in [6, 6.07) is 0.754. The maximum absolute atomic E-state index is 4.32. The summed E-state index contributed by atoms with van der Waals surface area (Å²) in [4.78, 5) is 4.32. The van der Waals surface area contributed by atoms with Gasteiger partial charge in [-0.3, -0.25) is 0 Å². The summed E-state index contributed by atoms with van der Waals surface area (Å²) in [5, 5.41) is 6.84. The maximum atomic E-state index is 4.32. The molecule has 1 aliphatic rings. The Balaban J connectivity index is 1.82. The number of hydrogen-bond acceptors (Lipinski definition) is 3. The van der Waals surface area contributed by atoms with Gasteiger partial charge in [0.25, 0.3) is 0 Å². The second-order valence-corrected chi connectivity index (χ2v) is 4.22. The van der Waals surface area contributed by atoms with Crippen molar-refractivity contribution < 1.29 is 0 Å². The average molecular weight is 182 g/mol. The number of hydrogen-bond donors (Lipinski definition) is 1. The Labute approximate surface area is 77.0 Å². The van der Waals surface area contributed by atoms with Crippen LogP contribution in [0.5, 0.6) is 0 Å². The van der Waals surface area contributed by atoms with E-state index in [1.54, 1.807) is 11.3 Å². The van der Waals surface area contributed by atoms with E-state index in [1.165, 1.54) is 17.8 Å². The van der Waals surface area contributed by atoms with Crippen molar-refractivity contribution in [1.29, 1.82) is 0 Å². The van der Waals surface area contributed by atoms with Gasteiger partial charge in [0.2, 0.25) is 0 Å². The SMILES string of the molecule is CCNC1CC(c2nccs2)C1. The van der Waals surface area contributed by atoms with Crippen molar-refractivity contribution in [2.24, 2.45) is 0 Å². The van der Waals surface area contributed by atoms with E-state index in [2.05, 4.69) is 22.6 Å². The molecular formula is C9H14N2S. The fraction of sp³-hybridized carbons (Fsp3) is 0.667. The Bertz CT molecular complexity index is 227. The molecule has 0 spiro atoms. The van der Waals surface area contributed by atoms with Crippen molar-refractivity contribution >= 4 is 11.3 Å². The van der Waals surface area contributed by atoms with Gasteiger partial charge in [0.05, 0.1) is 5.01 Å². The Hall–Kier alpha value is -0.410. The summed E-state index contributed by atoms with van der Waals surface area (Å²) in [7, 11) is 0. The first kappa shape index (κ1) is 8.20. The van der Waals surface area contributed by atoms with Gasteiger partial charge in [0.15, 0.2) is 0 Å². The lowest BCUT2D eigenvalue weighted by Crippen LogP contribution is -2.39. The Morgan fingerprint density at radius 1 is 1.67 bits per heavy atom. The highest BCUT2D eigenvalue weighted by atomic mass is 32.1. The Kier molecular flexibility index (Phi) is 2.42. The number of rotatable bonds is 3. The number of nitrogens with zero attached hydrogens (tertiary/aromatic N) is 1. The smallest absolute Gasteiger partial charge is 0.0956 e. The second-order valence-electron chi connectivity index (χ2n) is 3.29. The van der Waals surface area contributed by atoms with Gasteiger partial charge in [-0.25, -0.2) is 4.98 Å². The van der Waals surface area contributed by atoms with Crippen LogP contribution in [0.2, 0.25) is 0 Å². The molecule has 1 fully saturated rings. The predicted octanol–water partition coefficient (Wildman–Crippen LogP) is 2.00. The van der Waals surface area contributed by atoms with Crippen LogP contribution in [0.3, 0.4) is 0 Å². The lowest BCUT2D eigenvalue weighted by atomic mass is 9.81. The van der Waals surface area contributed by atoms with Crippen molar-refractivity contribution in [2.75, 3.05) is 6.54 Å². The van der Waals surface area contributed by atoms with Crippen LogP contribution in [-0.2, 0) is 0 Å². The quantitative estimate of drug-likeness (QED) is 0.773. The lowest BCUT2D eigenvalue weighted by molar-refractivity contribution is 0.295. The highest BCUT2D eigenvalue weighted by Crippen LogP contribution is 2.37. The molecule has 1 saturated carbocycles. The first-order valence-electron chi connectivity index (χ1n) is 4.53. The molecule has 3 heteroatoms. The molecule has 1 aromatic heterocycles. The van der Waals surface area contributed by atoms with Crippen LogP contribution in [0.4, 0.5) is 0 Å². The number of nitrogens with one attached hydrogen (secondary N) is 1. The molecule has 1 aromatic rings. The predicted molar refractivity (Wildman–Crippen MR) is 51.6 cm³/mol. The van der Waals surface area contributed by atoms with Gasteiger partial charge in [-0.2, -0.15) is 0 Å². The largest absolute Gasteiger partial charge is 0.314 e. The molecule has 1 aliphatic carbocycles. The minimum atomic E-state index is 0.744. The molecule has 0 aliphatic heterocycles. The van der Waals surface area contributed by atoms with E-state index in [0.717, 1.165) is 18.5 Å². The highest BCUT2D eigenvalue weighted by molar-refractivity contribution is 7.09. The van der Waals surface area contributed by atoms with E-state index in [4.69, 9.17) is 0 Å². The Morgan fingerprint density at radius 2 is 2.50 bits per heavy atom. The normalized spacial score (nSPS) is 28.4.